The van der Waals surface area contributed by atoms with Crippen molar-refractivity contribution in [2.45, 2.75) is 32.2 Å². The van der Waals surface area contributed by atoms with Crippen molar-refractivity contribution in [1.82, 2.24) is 24.7 Å². The number of nitrogens with zero attached hydrogens (tertiary/aromatic N) is 4. The second-order valence-corrected chi connectivity index (χ2v) is 7.11. The van der Waals surface area contributed by atoms with Crippen molar-refractivity contribution in [2.24, 2.45) is 5.92 Å². The molecule has 1 aromatic rings. The van der Waals surface area contributed by atoms with Crippen LogP contribution in [0.2, 0.25) is 0 Å². The molecule has 0 aromatic carbocycles. The number of likely N-dealkylation sites (tertiary alicyclic amines) is 1. The number of morpholine rings is 1. The Balaban J connectivity index is 1.30. The van der Waals surface area contributed by atoms with E-state index in [1.54, 1.807) is 6.20 Å². The van der Waals surface area contributed by atoms with E-state index in [1.165, 1.54) is 6.42 Å². The third-order valence-electron chi connectivity index (χ3n) is 5.10. The molecular formula is C18H31N5O2. The van der Waals surface area contributed by atoms with Crippen molar-refractivity contribution in [3.63, 3.8) is 0 Å². The van der Waals surface area contributed by atoms with E-state index in [9.17, 15) is 4.79 Å². The third kappa shape index (κ3) is 6.01. The summed E-state index contributed by atoms with van der Waals surface area (Å²) in [7, 11) is 0. The number of imidazole rings is 1. The molecule has 140 valence electrons. The number of aryl methyl sites for hydroxylation is 1. The molecule has 1 atom stereocenters. The summed E-state index contributed by atoms with van der Waals surface area (Å²) in [4.78, 5) is 20.9. The van der Waals surface area contributed by atoms with Gasteiger partial charge in [-0.05, 0) is 31.6 Å². The Kier molecular flexibility index (Phi) is 7.11. The molecule has 0 radical (unpaired) electrons. The number of ether oxygens (including phenoxy) is 1. The Hall–Kier alpha value is -1.60. The molecule has 0 spiro atoms. The van der Waals surface area contributed by atoms with Gasteiger partial charge in [-0.25, -0.2) is 9.78 Å². The van der Waals surface area contributed by atoms with Gasteiger partial charge in [0, 0.05) is 58.2 Å². The highest BCUT2D eigenvalue weighted by Crippen LogP contribution is 2.18. The van der Waals surface area contributed by atoms with Crippen molar-refractivity contribution in [2.75, 3.05) is 52.5 Å². The number of carbonyl (C=O) groups excluding carboxylic acids is 1. The van der Waals surface area contributed by atoms with Crippen LogP contribution in [-0.4, -0.2) is 77.9 Å². The standard InChI is InChI=1S/C18H31N5O2/c24-18(20-5-1-2-7-22-9-6-19-16-22)23-8-3-4-17(15-23)14-21-10-12-25-13-11-21/h6,9,16-17H,1-5,7-8,10-15H2,(H,20,24)/t17-/m1/s1. The van der Waals surface area contributed by atoms with Crippen molar-refractivity contribution in [1.29, 1.82) is 0 Å². The minimum Gasteiger partial charge on any atom is -0.379 e. The van der Waals surface area contributed by atoms with Gasteiger partial charge in [0.2, 0.25) is 0 Å². The number of piperidine rings is 1. The van der Waals surface area contributed by atoms with Crippen LogP contribution in [0.4, 0.5) is 4.79 Å². The van der Waals surface area contributed by atoms with E-state index in [2.05, 4.69) is 19.8 Å². The molecule has 2 fully saturated rings. The summed E-state index contributed by atoms with van der Waals surface area (Å²) in [6.45, 7) is 8.32. The van der Waals surface area contributed by atoms with Gasteiger partial charge in [-0.3, -0.25) is 4.90 Å². The molecule has 2 aliphatic rings. The van der Waals surface area contributed by atoms with Crippen LogP contribution in [-0.2, 0) is 11.3 Å². The zero-order valence-corrected chi connectivity index (χ0v) is 15.1. The maximum atomic E-state index is 12.4. The van der Waals surface area contributed by atoms with Gasteiger partial charge in [0.1, 0.15) is 0 Å². The number of carbonyl (C=O) groups is 1. The number of hydrogen-bond acceptors (Lipinski definition) is 4. The van der Waals surface area contributed by atoms with Crippen LogP contribution in [0, 0.1) is 5.92 Å². The largest absolute Gasteiger partial charge is 0.379 e. The van der Waals surface area contributed by atoms with Crippen LogP contribution < -0.4 is 5.32 Å². The summed E-state index contributed by atoms with van der Waals surface area (Å²) in [5.41, 5.74) is 0. The quantitative estimate of drug-likeness (QED) is 0.756. The van der Waals surface area contributed by atoms with Gasteiger partial charge in [-0.2, -0.15) is 0 Å². The zero-order valence-electron chi connectivity index (χ0n) is 15.1. The first-order valence-electron chi connectivity index (χ1n) is 9.60. The Bertz CT molecular complexity index is 502. The molecule has 0 bridgehead atoms. The second-order valence-electron chi connectivity index (χ2n) is 7.11. The van der Waals surface area contributed by atoms with Crippen LogP contribution >= 0.6 is 0 Å². The normalized spacial score (nSPS) is 22.1. The van der Waals surface area contributed by atoms with Crippen LogP contribution in [0.3, 0.4) is 0 Å². The molecule has 0 aliphatic carbocycles. The lowest BCUT2D eigenvalue weighted by Gasteiger charge is -2.36. The fourth-order valence-corrected chi connectivity index (χ4v) is 3.69. The molecule has 0 saturated carbocycles. The molecule has 7 nitrogen and oxygen atoms in total. The van der Waals surface area contributed by atoms with E-state index in [1.807, 2.05) is 17.4 Å². The first-order chi connectivity index (χ1) is 12.3. The van der Waals surface area contributed by atoms with E-state index in [0.717, 1.165) is 78.3 Å². The van der Waals surface area contributed by atoms with Crippen LogP contribution in [0.5, 0.6) is 0 Å². The predicted octanol–water partition coefficient (Wildman–Crippen LogP) is 1.42. The number of nitrogens with one attached hydrogen (secondary N) is 1. The lowest BCUT2D eigenvalue weighted by Crippen LogP contribution is -2.49. The Morgan fingerprint density at radius 3 is 2.92 bits per heavy atom. The molecule has 3 rings (SSSR count). The average molecular weight is 349 g/mol. The fraction of sp³-hybridized carbons (Fsp3) is 0.778. The number of aromatic nitrogens is 2. The van der Waals surface area contributed by atoms with Crippen molar-refractivity contribution < 1.29 is 9.53 Å². The lowest BCUT2D eigenvalue weighted by molar-refractivity contribution is 0.0249. The molecule has 1 N–H and O–H groups in total. The molecule has 1 aromatic heterocycles. The zero-order chi connectivity index (χ0) is 17.3. The van der Waals surface area contributed by atoms with Gasteiger partial charge >= 0.3 is 6.03 Å². The van der Waals surface area contributed by atoms with E-state index in [-0.39, 0.29) is 6.03 Å². The number of rotatable bonds is 7. The average Bonchev–Trinajstić information content (AvgIpc) is 3.16. The van der Waals surface area contributed by atoms with E-state index in [0.29, 0.717) is 5.92 Å². The molecule has 2 aliphatic heterocycles. The number of hydrogen-bond donors (Lipinski definition) is 1. The first-order valence-corrected chi connectivity index (χ1v) is 9.60. The van der Waals surface area contributed by atoms with Gasteiger partial charge < -0.3 is 19.5 Å². The van der Waals surface area contributed by atoms with Crippen LogP contribution in [0.15, 0.2) is 18.7 Å². The minimum absolute atomic E-state index is 0.106. The monoisotopic (exact) mass is 349 g/mol. The van der Waals surface area contributed by atoms with Gasteiger partial charge in [-0.15, -0.1) is 0 Å². The molecule has 0 unspecified atom stereocenters. The summed E-state index contributed by atoms with van der Waals surface area (Å²) in [5.74, 6) is 0.596. The van der Waals surface area contributed by atoms with Gasteiger partial charge in [-0.1, -0.05) is 0 Å². The van der Waals surface area contributed by atoms with Gasteiger partial charge in [0.15, 0.2) is 0 Å². The highest BCUT2D eigenvalue weighted by atomic mass is 16.5. The Morgan fingerprint density at radius 2 is 2.12 bits per heavy atom. The molecular weight excluding hydrogens is 318 g/mol. The maximum absolute atomic E-state index is 12.4. The third-order valence-corrected chi connectivity index (χ3v) is 5.10. The molecule has 2 saturated heterocycles. The topological polar surface area (TPSA) is 62.6 Å². The van der Waals surface area contributed by atoms with Crippen LogP contribution in [0.25, 0.3) is 0 Å². The van der Waals surface area contributed by atoms with Gasteiger partial charge in [0.25, 0.3) is 0 Å². The first kappa shape index (κ1) is 18.2. The number of unbranched alkanes of at least 4 members (excludes halogenated alkanes) is 1. The second kappa shape index (κ2) is 9.77. The summed E-state index contributed by atoms with van der Waals surface area (Å²) in [5, 5.41) is 3.09. The summed E-state index contributed by atoms with van der Waals surface area (Å²) < 4.78 is 7.49. The summed E-state index contributed by atoms with van der Waals surface area (Å²) >= 11 is 0. The Labute approximate surface area is 150 Å². The fourth-order valence-electron chi connectivity index (χ4n) is 3.69. The van der Waals surface area contributed by atoms with Gasteiger partial charge in [0.05, 0.1) is 19.5 Å². The molecule has 7 heteroatoms. The minimum atomic E-state index is 0.106. The van der Waals surface area contributed by atoms with E-state index >= 15 is 0 Å². The molecule has 3 heterocycles. The Morgan fingerprint density at radius 1 is 1.24 bits per heavy atom. The highest BCUT2D eigenvalue weighted by molar-refractivity contribution is 5.74. The predicted molar refractivity (Wildman–Crippen MR) is 96.4 cm³/mol. The van der Waals surface area contributed by atoms with Crippen molar-refractivity contribution >= 4 is 6.03 Å². The molecule has 2 amide bonds. The van der Waals surface area contributed by atoms with Crippen LogP contribution in [0.1, 0.15) is 25.7 Å². The molecule has 25 heavy (non-hydrogen) atoms. The SMILES string of the molecule is O=C(NCCCCn1ccnc1)N1CCC[C@H](CN2CCOCC2)C1. The lowest BCUT2D eigenvalue weighted by atomic mass is 9.97. The van der Waals surface area contributed by atoms with E-state index in [4.69, 9.17) is 4.74 Å². The van der Waals surface area contributed by atoms with Crippen molar-refractivity contribution in [3.8, 4) is 0 Å². The maximum Gasteiger partial charge on any atom is 0.317 e. The number of amides is 2. The van der Waals surface area contributed by atoms with E-state index < -0.39 is 0 Å². The summed E-state index contributed by atoms with van der Waals surface area (Å²) in [6, 6.07) is 0.106. The number of urea groups is 1. The summed E-state index contributed by atoms with van der Waals surface area (Å²) in [6.07, 6.45) is 9.99. The van der Waals surface area contributed by atoms with Crippen molar-refractivity contribution in [3.05, 3.63) is 18.7 Å². The smallest absolute Gasteiger partial charge is 0.317 e. The highest BCUT2D eigenvalue weighted by Gasteiger charge is 2.25.